The maximum Gasteiger partial charge on any atom is 0.222 e. The topological polar surface area (TPSA) is 55.4 Å². The molecule has 0 spiro atoms. The van der Waals surface area contributed by atoms with Crippen LogP contribution in [-0.2, 0) is 14.3 Å². The van der Waals surface area contributed by atoms with Crippen molar-refractivity contribution >= 4 is 11.7 Å². The molecule has 3 atom stereocenters. The van der Waals surface area contributed by atoms with Gasteiger partial charge in [-0.05, 0) is 25.2 Å². The number of hydrogen-bond donors (Lipinski definition) is 1. The lowest BCUT2D eigenvalue weighted by atomic mass is 9.87. The predicted molar refractivity (Wildman–Crippen MR) is 86.1 cm³/mol. The number of ether oxygens (including phenoxy) is 1. The van der Waals surface area contributed by atoms with E-state index in [9.17, 15) is 9.59 Å². The third kappa shape index (κ3) is 9.62. The first-order valence-corrected chi connectivity index (χ1v) is 8.30. The fourth-order valence-electron chi connectivity index (χ4n) is 2.28. The number of amides is 1. The van der Waals surface area contributed by atoms with Gasteiger partial charge in [0.05, 0.1) is 6.61 Å². The maximum absolute atomic E-state index is 12.0. The molecule has 0 saturated carbocycles. The molecule has 0 bridgehead atoms. The van der Waals surface area contributed by atoms with Gasteiger partial charge in [0.2, 0.25) is 5.91 Å². The molecule has 21 heavy (non-hydrogen) atoms. The predicted octanol–water partition coefficient (Wildman–Crippen LogP) is 3.20. The molecule has 0 heterocycles. The summed E-state index contributed by atoms with van der Waals surface area (Å²) in [6, 6.07) is 0. The Morgan fingerprint density at radius 2 is 1.71 bits per heavy atom. The van der Waals surface area contributed by atoms with Crippen LogP contribution in [0.15, 0.2) is 0 Å². The number of nitrogens with one attached hydrogen (secondary N) is 1. The van der Waals surface area contributed by atoms with Crippen molar-refractivity contribution in [2.45, 2.75) is 60.3 Å². The summed E-state index contributed by atoms with van der Waals surface area (Å²) in [5.41, 5.74) is 0. The minimum Gasteiger partial charge on any atom is -0.381 e. The molecule has 3 unspecified atom stereocenters. The Kier molecular flexibility index (Phi) is 11.2. The lowest BCUT2D eigenvalue weighted by Crippen LogP contribution is -2.31. The Morgan fingerprint density at radius 3 is 2.29 bits per heavy atom. The molecule has 0 aromatic rings. The van der Waals surface area contributed by atoms with E-state index in [-0.39, 0.29) is 17.7 Å². The Morgan fingerprint density at radius 1 is 1.05 bits per heavy atom. The van der Waals surface area contributed by atoms with Gasteiger partial charge in [0.15, 0.2) is 0 Å². The summed E-state index contributed by atoms with van der Waals surface area (Å²) < 4.78 is 5.29. The monoisotopic (exact) mass is 299 g/mol. The van der Waals surface area contributed by atoms with Crippen molar-refractivity contribution in [2.24, 2.45) is 17.8 Å². The van der Waals surface area contributed by atoms with Crippen LogP contribution in [0.2, 0.25) is 0 Å². The second kappa shape index (κ2) is 11.7. The van der Waals surface area contributed by atoms with Crippen LogP contribution in [-0.4, -0.2) is 31.4 Å². The second-order valence-corrected chi connectivity index (χ2v) is 6.12. The lowest BCUT2D eigenvalue weighted by molar-refractivity contribution is -0.126. The first-order chi connectivity index (χ1) is 9.92. The van der Waals surface area contributed by atoms with Crippen LogP contribution < -0.4 is 5.32 Å². The van der Waals surface area contributed by atoms with Gasteiger partial charge in [-0.1, -0.05) is 34.6 Å². The molecule has 124 valence electrons. The average Bonchev–Trinajstić information content (AvgIpc) is 2.47. The number of Topliss-reactive ketones (excluding diaryl/α,β-unsaturated/α-hetero) is 1. The van der Waals surface area contributed by atoms with Gasteiger partial charge in [0.1, 0.15) is 5.78 Å². The molecule has 0 aromatic heterocycles. The molecule has 4 nitrogen and oxygen atoms in total. The highest BCUT2D eigenvalue weighted by Crippen LogP contribution is 2.17. The molecule has 0 saturated heterocycles. The largest absolute Gasteiger partial charge is 0.381 e. The lowest BCUT2D eigenvalue weighted by Gasteiger charge is -2.19. The van der Waals surface area contributed by atoms with Gasteiger partial charge in [-0.2, -0.15) is 0 Å². The highest BCUT2D eigenvalue weighted by Gasteiger charge is 2.20. The quantitative estimate of drug-likeness (QED) is 0.563. The molecule has 0 radical (unpaired) electrons. The fourth-order valence-corrected chi connectivity index (χ4v) is 2.28. The molecule has 0 aliphatic rings. The molecule has 1 amide bonds. The molecule has 4 heteroatoms. The van der Waals surface area contributed by atoms with Gasteiger partial charge in [-0.3, -0.25) is 9.59 Å². The highest BCUT2D eigenvalue weighted by molar-refractivity contribution is 5.82. The van der Waals surface area contributed by atoms with E-state index in [0.29, 0.717) is 37.9 Å². The molecule has 0 fully saturated rings. The third-order valence-corrected chi connectivity index (χ3v) is 3.81. The minimum absolute atomic E-state index is 0.0267. The fraction of sp³-hybridized carbons (Fsp3) is 0.882. The van der Waals surface area contributed by atoms with Gasteiger partial charge >= 0.3 is 0 Å². The van der Waals surface area contributed by atoms with E-state index in [1.807, 2.05) is 27.7 Å². The zero-order valence-corrected chi connectivity index (χ0v) is 14.4. The van der Waals surface area contributed by atoms with Crippen molar-refractivity contribution < 1.29 is 14.3 Å². The SMILES string of the molecule is CCCOCCC(=O)NCC(C)CC(C)C(=O)C(C)CC. The Labute approximate surface area is 130 Å². The Bertz CT molecular complexity index is 304. The number of carbonyl (C=O) groups is 2. The van der Waals surface area contributed by atoms with Crippen LogP contribution in [0.4, 0.5) is 0 Å². The van der Waals surface area contributed by atoms with Crippen molar-refractivity contribution in [1.82, 2.24) is 5.32 Å². The molecule has 0 rings (SSSR count). The van der Waals surface area contributed by atoms with Crippen LogP contribution in [0.1, 0.15) is 60.3 Å². The Balaban J connectivity index is 3.85. The van der Waals surface area contributed by atoms with Gasteiger partial charge in [-0.15, -0.1) is 0 Å². The highest BCUT2D eigenvalue weighted by atomic mass is 16.5. The molecule has 0 aliphatic carbocycles. The van der Waals surface area contributed by atoms with E-state index >= 15 is 0 Å². The summed E-state index contributed by atoms with van der Waals surface area (Å²) in [6.07, 6.45) is 3.11. The maximum atomic E-state index is 12.0. The zero-order valence-electron chi connectivity index (χ0n) is 14.4. The van der Waals surface area contributed by atoms with E-state index in [1.165, 1.54) is 0 Å². The second-order valence-electron chi connectivity index (χ2n) is 6.12. The van der Waals surface area contributed by atoms with Crippen molar-refractivity contribution in [2.75, 3.05) is 19.8 Å². The van der Waals surface area contributed by atoms with Crippen molar-refractivity contribution in [3.8, 4) is 0 Å². The van der Waals surface area contributed by atoms with E-state index in [2.05, 4.69) is 12.2 Å². The molecule has 1 N–H and O–H groups in total. The van der Waals surface area contributed by atoms with Crippen LogP contribution in [0.5, 0.6) is 0 Å². The number of ketones is 1. The van der Waals surface area contributed by atoms with Crippen molar-refractivity contribution in [3.05, 3.63) is 0 Å². The van der Waals surface area contributed by atoms with Crippen LogP contribution in [0.3, 0.4) is 0 Å². The van der Waals surface area contributed by atoms with Crippen LogP contribution >= 0.6 is 0 Å². The summed E-state index contributed by atoms with van der Waals surface area (Å²) in [7, 11) is 0. The van der Waals surface area contributed by atoms with Crippen molar-refractivity contribution in [1.29, 1.82) is 0 Å². The van der Waals surface area contributed by atoms with E-state index in [1.54, 1.807) is 0 Å². The summed E-state index contributed by atoms with van der Waals surface area (Å²) in [4.78, 5) is 23.7. The average molecular weight is 299 g/mol. The summed E-state index contributed by atoms with van der Waals surface area (Å²) >= 11 is 0. The minimum atomic E-state index is 0.0267. The Hall–Kier alpha value is -0.900. The molecule has 0 aromatic carbocycles. The number of carbonyl (C=O) groups excluding carboxylic acids is 2. The van der Waals surface area contributed by atoms with E-state index in [4.69, 9.17) is 4.74 Å². The summed E-state index contributed by atoms with van der Waals surface area (Å²) in [6.45, 7) is 12.0. The molecular formula is C17H33NO3. The normalized spacial score (nSPS) is 15.3. The van der Waals surface area contributed by atoms with Crippen LogP contribution in [0.25, 0.3) is 0 Å². The third-order valence-electron chi connectivity index (χ3n) is 3.81. The zero-order chi connectivity index (χ0) is 16.3. The van der Waals surface area contributed by atoms with Gasteiger partial charge in [0, 0.05) is 31.4 Å². The first-order valence-electron chi connectivity index (χ1n) is 8.30. The smallest absolute Gasteiger partial charge is 0.222 e. The number of rotatable bonds is 12. The molecule has 0 aliphatic heterocycles. The molecular weight excluding hydrogens is 266 g/mol. The van der Waals surface area contributed by atoms with Crippen LogP contribution in [0, 0.1) is 17.8 Å². The summed E-state index contributed by atoms with van der Waals surface area (Å²) in [5, 5.41) is 2.92. The van der Waals surface area contributed by atoms with Crippen molar-refractivity contribution in [3.63, 3.8) is 0 Å². The van der Waals surface area contributed by atoms with Gasteiger partial charge in [-0.25, -0.2) is 0 Å². The number of hydrogen-bond acceptors (Lipinski definition) is 3. The van der Waals surface area contributed by atoms with Gasteiger partial charge in [0.25, 0.3) is 0 Å². The standard InChI is InChI=1S/C17H33NO3/c1-6-9-21-10-8-16(19)18-12-13(3)11-15(5)17(20)14(4)7-2/h13-15H,6-12H2,1-5H3,(H,18,19). The summed E-state index contributed by atoms with van der Waals surface area (Å²) in [5.74, 6) is 0.883. The van der Waals surface area contributed by atoms with Gasteiger partial charge < -0.3 is 10.1 Å². The first kappa shape index (κ1) is 20.1. The van der Waals surface area contributed by atoms with E-state index in [0.717, 1.165) is 19.3 Å². The van der Waals surface area contributed by atoms with E-state index < -0.39 is 0 Å².